The molecule has 2 atom stereocenters. The molecule has 2 saturated heterocycles. The Hall–Kier alpha value is -0.160. The van der Waals surface area contributed by atoms with E-state index in [-0.39, 0.29) is 0 Å². The van der Waals surface area contributed by atoms with Crippen LogP contribution in [0.4, 0.5) is 0 Å². The van der Waals surface area contributed by atoms with Crippen LogP contribution >= 0.6 is 0 Å². The van der Waals surface area contributed by atoms with Crippen molar-refractivity contribution in [3.8, 4) is 0 Å². The van der Waals surface area contributed by atoms with Gasteiger partial charge < -0.3 is 15.4 Å². The summed E-state index contributed by atoms with van der Waals surface area (Å²) in [6.45, 7) is 10.6. The molecule has 2 N–H and O–H groups in total. The highest BCUT2D eigenvalue weighted by molar-refractivity contribution is 4.89. The predicted octanol–water partition coefficient (Wildman–Crippen LogP) is -0.402. The van der Waals surface area contributed by atoms with Crippen molar-refractivity contribution < 1.29 is 4.74 Å². The Morgan fingerprint density at radius 1 is 1.27 bits per heavy atom. The number of nitrogens with two attached hydrogens (primary N) is 1. The zero-order chi connectivity index (χ0) is 10.7. The molecule has 2 unspecified atom stereocenters. The van der Waals surface area contributed by atoms with Crippen LogP contribution in [-0.2, 0) is 4.74 Å². The number of ether oxygens (including phenoxy) is 1. The molecule has 0 aromatic heterocycles. The molecule has 4 nitrogen and oxygen atoms in total. The summed E-state index contributed by atoms with van der Waals surface area (Å²) < 4.78 is 5.39. The monoisotopic (exact) mass is 213 g/mol. The van der Waals surface area contributed by atoms with Gasteiger partial charge in [0.15, 0.2) is 0 Å². The molecule has 0 radical (unpaired) electrons. The quantitative estimate of drug-likeness (QED) is 0.692. The maximum Gasteiger partial charge on any atom is 0.0594 e. The van der Waals surface area contributed by atoms with Gasteiger partial charge in [-0.2, -0.15) is 0 Å². The van der Waals surface area contributed by atoms with E-state index in [1.54, 1.807) is 0 Å². The molecular formula is C11H23N3O. The van der Waals surface area contributed by atoms with Gasteiger partial charge in [-0.05, 0) is 5.92 Å². The normalized spacial score (nSPS) is 34.8. The first kappa shape index (κ1) is 11.3. The summed E-state index contributed by atoms with van der Waals surface area (Å²) in [7, 11) is 0. The molecule has 2 rings (SSSR count). The number of hydrogen-bond acceptors (Lipinski definition) is 4. The van der Waals surface area contributed by atoms with Crippen molar-refractivity contribution in [2.45, 2.75) is 13.0 Å². The molecule has 0 bridgehead atoms. The predicted molar refractivity (Wildman–Crippen MR) is 60.8 cm³/mol. The SMILES string of the molecule is CC1CN(CCN)CC1N1CCOCC1. The molecule has 15 heavy (non-hydrogen) atoms. The lowest BCUT2D eigenvalue weighted by molar-refractivity contribution is 0.0119. The van der Waals surface area contributed by atoms with Gasteiger partial charge in [0, 0.05) is 45.3 Å². The topological polar surface area (TPSA) is 41.7 Å². The number of rotatable bonds is 3. The van der Waals surface area contributed by atoms with E-state index in [0.717, 1.165) is 51.4 Å². The average Bonchev–Trinajstić information content (AvgIpc) is 2.61. The Balaban J connectivity index is 1.86. The van der Waals surface area contributed by atoms with Crippen LogP contribution in [-0.4, -0.2) is 68.3 Å². The van der Waals surface area contributed by atoms with E-state index in [9.17, 15) is 0 Å². The number of hydrogen-bond donors (Lipinski definition) is 1. The fourth-order valence-corrected chi connectivity index (χ4v) is 2.80. The first-order chi connectivity index (χ1) is 7.31. The van der Waals surface area contributed by atoms with Crippen LogP contribution in [0.25, 0.3) is 0 Å². The number of morpholine rings is 1. The largest absolute Gasteiger partial charge is 0.379 e. The van der Waals surface area contributed by atoms with Crippen molar-refractivity contribution in [1.29, 1.82) is 0 Å². The van der Waals surface area contributed by atoms with E-state index in [4.69, 9.17) is 10.5 Å². The van der Waals surface area contributed by atoms with Gasteiger partial charge in [-0.3, -0.25) is 4.90 Å². The lowest BCUT2D eigenvalue weighted by Gasteiger charge is -2.34. The van der Waals surface area contributed by atoms with Crippen molar-refractivity contribution in [3.63, 3.8) is 0 Å². The van der Waals surface area contributed by atoms with Gasteiger partial charge in [0.25, 0.3) is 0 Å². The van der Waals surface area contributed by atoms with E-state index < -0.39 is 0 Å². The van der Waals surface area contributed by atoms with Crippen molar-refractivity contribution >= 4 is 0 Å². The first-order valence-electron chi connectivity index (χ1n) is 6.05. The van der Waals surface area contributed by atoms with Crippen LogP contribution in [0.5, 0.6) is 0 Å². The Labute approximate surface area is 92.4 Å². The van der Waals surface area contributed by atoms with Crippen molar-refractivity contribution in [2.75, 3.05) is 52.5 Å². The smallest absolute Gasteiger partial charge is 0.0594 e. The van der Waals surface area contributed by atoms with Crippen LogP contribution in [0.2, 0.25) is 0 Å². The van der Waals surface area contributed by atoms with Crippen LogP contribution in [0, 0.1) is 5.92 Å². The summed E-state index contributed by atoms with van der Waals surface area (Å²) in [5.41, 5.74) is 5.60. The molecule has 0 amide bonds. The third-order valence-electron chi connectivity index (χ3n) is 3.61. The lowest BCUT2D eigenvalue weighted by Crippen LogP contribution is -2.46. The van der Waals surface area contributed by atoms with Crippen molar-refractivity contribution in [2.24, 2.45) is 11.7 Å². The van der Waals surface area contributed by atoms with Crippen molar-refractivity contribution in [1.82, 2.24) is 9.80 Å². The summed E-state index contributed by atoms with van der Waals surface area (Å²) in [5, 5.41) is 0. The molecule has 2 heterocycles. The fraction of sp³-hybridized carbons (Fsp3) is 1.00. The van der Waals surface area contributed by atoms with Crippen LogP contribution in [0.1, 0.15) is 6.92 Å². The van der Waals surface area contributed by atoms with Gasteiger partial charge in [-0.1, -0.05) is 6.92 Å². The lowest BCUT2D eigenvalue weighted by atomic mass is 10.0. The minimum atomic E-state index is 0.723. The maximum absolute atomic E-state index is 5.60. The molecule has 2 aliphatic heterocycles. The Kier molecular flexibility index (Phi) is 3.97. The van der Waals surface area contributed by atoms with E-state index in [0.29, 0.717) is 0 Å². The molecule has 0 spiro atoms. The van der Waals surface area contributed by atoms with Gasteiger partial charge in [-0.15, -0.1) is 0 Å². The first-order valence-corrected chi connectivity index (χ1v) is 6.05. The van der Waals surface area contributed by atoms with Crippen LogP contribution < -0.4 is 5.73 Å². The average molecular weight is 213 g/mol. The third-order valence-corrected chi connectivity index (χ3v) is 3.61. The molecule has 4 heteroatoms. The van der Waals surface area contributed by atoms with Crippen molar-refractivity contribution in [3.05, 3.63) is 0 Å². The third kappa shape index (κ3) is 2.69. The van der Waals surface area contributed by atoms with Crippen LogP contribution in [0.15, 0.2) is 0 Å². The second-order valence-electron chi connectivity index (χ2n) is 4.74. The zero-order valence-electron chi connectivity index (χ0n) is 9.69. The summed E-state index contributed by atoms with van der Waals surface area (Å²) in [5.74, 6) is 0.773. The Bertz CT molecular complexity index is 194. The highest BCUT2D eigenvalue weighted by atomic mass is 16.5. The molecule has 0 aromatic rings. The molecule has 88 valence electrons. The summed E-state index contributed by atoms with van der Waals surface area (Å²) >= 11 is 0. The minimum Gasteiger partial charge on any atom is -0.379 e. The molecule has 0 aliphatic carbocycles. The number of likely N-dealkylation sites (tertiary alicyclic amines) is 1. The highest BCUT2D eigenvalue weighted by Gasteiger charge is 2.33. The molecule has 0 saturated carbocycles. The van der Waals surface area contributed by atoms with Gasteiger partial charge in [0.05, 0.1) is 13.2 Å². The second kappa shape index (κ2) is 5.25. The maximum atomic E-state index is 5.60. The van der Waals surface area contributed by atoms with Crippen LogP contribution in [0.3, 0.4) is 0 Å². The van der Waals surface area contributed by atoms with E-state index in [1.165, 1.54) is 13.1 Å². The fourth-order valence-electron chi connectivity index (χ4n) is 2.80. The second-order valence-corrected chi connectivity index (χ2v) is 4.74. The highest BCUT2D eigenvalue weighted by Crippen LogP contribution is 2.22. The summed E-state index contributed by atoms with van der Waals surface area (Å²) in [6, 6.07) is 0.723. The number of nitrogens with zero attached hydrogens (tertiary/aromatic N) is 2. The van der Waals surface area contributed by atoms with E-state index in [2.05, 4.69) is 16.7 Å². The molecule has 0 aromatic carbocycles. The minimum absolute atomic E-state index is 0.723. The molecular weight excluding hydrogens is 190 g/mol. The van der Waals surface area contributed by atoms with E-state index >= 15 is 0 Å². The Morgan fingerprint density at radius 3 is 2.67 bits per heavy atom. The summed E-state index contributed by atoms with van der Waals surface area (Å²) in [6.07, 6.45) is 0. The molecule has 2 aliphatic rings. The van der Waals surface area contributed by atoms with Gasteiger partial charge in [0.2, 0.25) is 0 Å². The van der Waals surface area contributed by atoms with E-state index in [1.807, 2.05) is 0 Å². The molecule has 2 fully saturated rings. The van der Waals surface area contributed by atoms with Gasteiger partial charge >= 0.3 is 0 Å². The van der Waals surface area contributed by atoms with Gasteiger partial charge in [0.1, 0.15) is 0 Å². The summed E-state index contributed by atoms with van der Waals surface area (Å²) in [4.78, 5) is 5.08. The standard InChI is InChI=1S/C11H23N3O/c1-10-8-13(3-2-12)9-11(10)14-4-6-15-7-5-14/h10-11H,2-9,12H2,1H3. The Morgan fingerprint density at radius 2 is 2.00 bits per heavy atom. The zero-order valence-corrected chi connectivity index (χ0v) is 9.69. The van der Waals surface area contributed by atoms with Gasteiger partial charge in [-0.25, -0.2) is 0 Å².